The first-order valence-electron chi connectivity index (χ1n) is 5.46. The Hall–Kier alpha value is -2.24. The molecule has 6 heteroatoms. The number of esters is 1. The zero-order valence-electron chi connectivity index (χ0n) is 10.4. The summed E-state index contributed by atoms with van der Waals surface area (Å²) in [5, 5.41) is 5.18. The predicted molar refractivity (Wildman–Crippen MR) is 62.6 cm³/mol. The molecule has 0 fully saturated rings. The van der Waals surface area contributed by atoms with E-state index in [1.54, 1.807) is 26.0 Å². The molecule has 2 heterocycles. The van der Waals surface area contributed by atoms with Crippen molar-refractivity contribution in [3.63, 3.8) is 0 Å². The van der Waals surface area contributed by atoms with Crippen LogP contribution in [0.15, 0.2) is 27.8 Å². The summed E-state index contributed by atoms with van der Waals surface area (Å²) in [7, 11) is 1.30. The summed E-state index contributed by atoms with van der Waals surface area (Å²) < 4.78 is 10.2. The zero-order valence-corrected chi connectivity index (χ0v) is 10.4. The second-order valence-electron chi connectivity index (χ2n) is 4.01. The van der Waals surface area contributed by atoms with Crippen molar-refractivity contribution in [3.8, 4) is 0 Å². The Morgan fingerprint density at radius 1 is 1.39 bits per heavy atom. The van der Waals surface area contributed by atoms with Gasteiger partial charge in [-0.1, -0.05) is 0 Å². The monoisotopic (exact) mass is 250 g/mol. The minimum atomic E-state index is -0.625. The van der Waals surface area contributed by atoms with Crippen molar-refractivity contribution in [2.75, 3.05) is 7.11 Å². The molecule has 0 spiro atoms. The fraction of sp³-hybridized carbons (Fsp3) is 0.333. The number of urea groups is 1. The van der Waals surface area contributed by atoms with E-state index < -0.39 is 12.0 Å². The van der Waals surface area contributed by atoms with E-state index in [2.05, 4.69) is 10.6 Å². The Morgan fingerprint density at radius 2 is 2.11 bits per heavy atom. The lowest BCUT2D eigenvalue weighted by molar-refractivity contribution is -0.136. The summed E-state index contributed by atoms with van der Waals surface area (Å²) >= 11 is 0. The van der Waals surface area contributed by atoms with Gasteiger partial charge in [0.1, 0.15) is 17.6 Å². The summed E-state index contributed by atoms with van der Waals surface area (Å²) in [4.78, 5) is 23.2. The van der Waals surface area contributed by atoms with Crippen molar-refractivity contribution in [1.29, 1.82) is 0 Å². The van der Waals surface area contributed by atoms with E-state index in [0.29, 0.717) is 22.8 Å². The number of hydrogen-bond acceptors (Lipinski definition) is 4. The summed E-state index contributed by atoms with van der Waals surface area (Å²) in [5.41, 5.74) is 0.802. The van der Waals surface area contributed by atoms with Crippen LogP contribution in [-0.4, -0.2) is 19.1 Å². The first-order chi connectivity index (χ1) is 8.52. The van der Waals surface area contributed by atoms with Crippen LogP contribution in [0.2, 0.25) is 0 Å². The average molecular weight is 250 g/mol. The Kier molecular flexibility index (Phi) is 3.10. The smallest absolute Gasteiger partial charge is 0.338 e. The third kappa shape index (κ3) is 2.09. The molecule has 2 N–H and O–H groups in total. The predicted octanol–water partition coefficient (Wildman–Crippen LogP) is 1.39. The number of furan rings is 1. The number of ether oxygens (including phenoxy) is 1. The number of amides is 2. The Labute approximate surface area is 104 Å². The fourth-order valence-corrected chi connectivity index (χ4v) is 1.90. The first-order valence-corrected chi connectivity index (χ1v) is 5.46. The molecule has 0 aliphatic carbocycles. The van der Waals surface area contributed by atoms with Crippen molar-refractivity contribution in [2.24, 2.45) is 0 Å². The normalized spacial score (nSPS) is 19.3. The van der Waals surface area contributed by atoms with Gasteiger partial charge in [-0.15, -0.1) is 0 Å². The van der Waals surface area contributed by atoms with E-state index in [1.807, 2.05) is 0 Å². The molecule has 1 aliphatic rings. The quantitative estimate of drug-likeness (QED) is 0.777. The number of carbonyl (C=O) groups is 2. The van der Waals surface area contributed by atoms with Gasteiger partial charge in [-0.25, -0.2) is 9.59 Å². The molecular formula is C12H14N2O4. The molecule has 2 amide bonds. The third-order valence-electron chi connectivity index (χ3n) is 2.72. The van der Waals surface area contributed by atoms with Gasteiger partial charge in [0, 0.05) is 5.70 Å². The Bertz CT molecular complexity index is 530. The van der Waals surface area contributed by atoms with E-state index in [9.17, 15) is 9.59 Å². The van der Waals surface area contributed by atoms with Crippen LogP contribution < -0.4 is 10.6 Å². The van der Waals surface area contributed by atoms with Crippen LogP contribution in [0.4, 0.5) is 4.79 Å². The van der Waals surface area contributed by atoms with Gasteiger partial charge in [0.15, 0.2) is 0 Å². The maximum Gasteiger partial charge on any atom is 0.338 e. The van der Waals surface area contributed by atoms with E-state index in [0.717, 1.165) is 0 Å². The second-order valence-corrected chi connectivity index (χ2v) is 4.01. The van der Waals surface area contributed by atoms with Crippen molar-refractivity contribution < 1.29 is 18.7 Å². The largest absolute Gasteiger partial charge is 0.466 e. The molecule has 18 heavy (non-hydrogen) atoms. The first kappa shape index (κ1) is 12.2. The fourth-order valence-electron chi connectivity index (χ4n) is 1.90. The van der Waals surface area contributed by atoms with Crippen LogP contribution in [0.3, 0.4) is 0 Å². The number of allylic oxidation sites excluding steroid dienone is 1. The SMILES string of the molecule is COC(=O)C1=C(C)NC(=O)NC1c1ccc(C)o1. The lowest BCUT2D eigenvalue weighted by atomic mass is 10.0. The molecule has 1 aromatic rings. The Balaban J connectivity index is 2.45. The van der Waals surface area contributed by atoms with Crippen molar-refractivity contribution in [3.05, 3.63) is 34.9 Å². The highest BCUT2D eigenvalue weighted by Crippen LogP contribution is 2.28. The molecule has 0 bridgehead atoms. The minimum Gasteiger partial charge on any atom is -0.466 e. The number of rotatable bonds is 2. The molecule has 2 rings (SSSR count). The second kappa shape index (κ2) is 4.56. The van der Waals surface area contributed by atoms with Crippen molar-refractivity contribution in [1.82, 2.24) is 10.6 Å². The molecule has 0 saturated carbocycles. The van der Waals surface area contributed by atoms with Crippen LogP contribution in [0.5, 0.6) is 0 Å². The topological polar surface area (TPSA) is 80.6 Å². The third-order valence-corrected chi connectivity index (χ3v) is 2.72. The molecule has 0 saturated heterocycles. The maximum absolute atomic E-state index is 11.8. The molecule has 1 atom stereocenters. The standard InChI is InChI=1S/C12H14N2O4/c1-6-4-5-8(18-6)10-9(11(15)17-3)7(2)13-12(16)14-10/h4-5,10H,1-3H3,(H2,13,14,16). The van der Waals surface area contributed by atoms with Crippen LogP contribution in [0.25, 0.3) is 0 Å². The number of methoxy groups -OCH3 is 1. The van der Waals surface area contributed by atoms with Crippen LogP contribution in [-0.2, 0) is 9.53 Å². The van der Waals surface area contributed by atoms with Gasteiger partial charge in [0.2, 0.25) is 0 Å². The zero-order chi connectivity index (χ0) is 13.3. The van der Waals surface area contributed by atoms with E-state index in [1.165, 1.54) is 7.11 Å². The number of hydrogen-bond donors (Lipinski definition) is 2. The number of carbonyl (C=O) groups excluding carboxylic acids is 2. The van der Waals surface area contributed by atoms with E-state index >= 15 is 0 Å². The minimum absolute atomic E-state index is 0.339. The number of nitrogens with one attached hydrogen (secondary N) is 2. The van der Waals surface area contributed by atoms with Crippen molar-refractivity contribution in [2.45, 2.75) is 19.9 Å². The molecule has 96 valence electrons. The highest BCUT2D eigenvalue weighted by molar-refractivity contribution is 5.94. The van der Waals surface area contributed by atoms with Crippen molar-refractivity contribution >= 4 is 12.0 Å². The average Bonchev–Trinajstić information content (AvgIpc) is 2.74. The van der Waals surface area contributed by atoms with E-state index in [4.69, 9.17) is 9.15 Å². The molecule has 1 unspecified atom stereocenters. The van der Waals surface area contributed by atoms with Crippen LogP contribution >= 0.6 is 0 Å². The van der Waals surface area contributed by atoms with Gasteiger partial charge in [0.25, 0.3) is 0 Å². The molecule has 1 aromatic heterocycles. The highest BCUT2D eigenvalue weighted by atomic mass is 16.5. The van der Waals surface area contributed by atoms with Gasteiger partial charge in [0.05, 0.1) is 12.7 Å². The van der Waals surface area contributed by atoms with Gasteiger partial charge >= 0.3 is 12.0 Å². The molecule has 1 aliphatic heterocycles. The summed E-state index contributed by atoms with van der Waals surface area (Å²) in [6.07, 6.45) is 0. The van der Waals surface area contributed by atoms with Crippen LogP contribution in [0.1, 0.15) is 24.5 Å². The maximum atomic E-state index is 11.8. The summed E-state index contributed by atoms with van der Waals surface area (Å²) in [6, 6.07) is 2.49. The summed E-state index contributed by atoms with van der Waals surface area (Å²) in [5.74, 6) is 0.709. The van der Waals surface area contributed by atoms with Gasteiger partial charge in [-0.05, 0) is 26.0 Å². The molecule has 0 radical (unpaired) electrons. The molecular weight excluding hydrogens is 236 g/mol. The molecule has 0 aromatic carbocycles. The highest BCUT2D eigenvalue weighted by Gasteiger charge is 2.33. The number of aryl methyl sites for hydroxylation is 1. The van der Waals surface area contributed by atoms with Gasteiger partial charge in [-0.2, -0.15) is 0 Å². The van der Waals surface area contributed by atoms with Gasteiger partial charge < -0.3 is 19.8 Å². The lowest BCUT2D eigenvalue weighted by Gasteiger charge is -2.25. The van der Waals surface area contributed by atoms with Gasteiger partial charge in [-0.3, -0.25) is 0 Å². The lowest BCUT2D eigenvalue weighted by Crippen LogP contribution is -2.45. The summed E-state index contributed by atoms with van der Waals surface area (Å²) in [6.45, 7) is 3.44. The van der Waals surface area contributed by atoms with E-state index in [-0.39, 0.29) is 6.03 Å². The van der Waals surface area contributed by atoms with Crippen LogP contribution in [0, 0.1) is 6.92 Å². The molecule has 6 nitrogen and oxygen atoms in total. The Morgan fingerprint density at radius 3 is 2.67 bits per heavy atom.